The molecule has 0 saturated heterocycles. The molecule has 1 atom stereocenters. The highest BCUT2D eigenvalue weighted by Gasteiger charge is 2.26. The molecule has 2 aromatic carbocycles. The van der Waals surface area contributed by atoms with Gasteiger partial charge in [0.25, 0.3) is 0 Å². The maximum atomic E-state index is 13.3. The van der Waals surface area contributed by atoms with E-state index in [2.05, 4.69) is 0 Å². The predicted octanol–water partition coefficient (Wildman–Crippen LogP) is 4.03. The molecular weight excluding hydrogens is 360 g/mol. The van der Waals surface area contributed by atoms with Crippen molar-refractivity contribution < 1.29 is 28.5 Å². The van der Waals surface area contributed by atoms with E-state index >= 15 is 0 Å². The summed E-state index contributed by atoms with van der Waals surface area (Å²) in [4.78, 5) is 25.5. The molecule has 0 saturated carbocycles. The van der Waals surface area contributed by atoms with E-state index in [4.69, 9.17) is 18.9 Å². The molecular formula is C22H26O6. The summed E-state index contributed by atoms with van der Waals surface area (Å²) in [6.45, 7) is 3.43. The van der Waals surface area contributed by atoms with Crippen molar-refractivity contribution in [1.29, 1.82) is 0 Å². The van der Waals surface area contributed by atoms with Crippen molar-refractivity contribution in [2.24, 2.45) is 0 Å². The molecule has 2 rings (SSSR count). The Bertz CT molecular complexity index is 872. The lowest BCUT2D eigenvalue weighted by Gasteiger charge is -2.19. The zero-order valence-electron chi connectivity index (χ0n) is 17.1. The standard InChI is InChI=1S/C22H26O6/c1-7-15(13(2)23)16-11-20(27-5)21(28-6)12-17(16)22(24)14-8-9-18(25-3)19(10-14)26-4/h8-12,15H,7H2,1-6H3/t15-/m0/s1. The Hall–Kier alpha value is -3.02. The lowest BCUT2D eigenvalue weighted by Crippen LogP contribution is -2.15. The van der Waals surface area contributed by atoms with Gasteiger partial charge in [-0.1, -0.05) is 6.92 Å². The average molecular weight is 386 g/mol. The van der Waals surface area contributed by atoms with Crippen molar-refractivity contribution in [3.63, 3.8) is 0 Å². The molecule has 150 valence electrons. The Morgan fingerprint density at radius 3 is 1.86 bits per heavy atom. The molecule has 0 heterocycles. The summed E-state index contributed by atoms with van der Waals surface area (Å²) < 4.78 is 21.3. The smallest absolute Gasteiger partial charge is 0.193 e. The maximum absolute atomic E-state index is 13.3. The van der Waals surface area contributed by atoms with E-state index in [1.165, 1.54) is 35.4 Å². The molecule has 28 heavy (non-hydrogen) atoms. The fourth-order valence-electron chi connectivity index (χ4n) is 3.24. The fourth-order valence-corrected chi connectivity index (χ4v) is 3.24. The molecule has 6 nitrogen and oxygen atoms in total. The van der Waals surface area contributed by atoms with Gasteiger partial charge in [-0.2, -0.15) is 0 Å². The lowest BCUT2D eigenvalue weighted by atomic mass is 9.86. The lowest BCUT2D eigenvalue weighted by molar-refractivity contribution is -0.118. The van der Waals surface area contributed by atoms with E-state index in [0.29, 0.717) is 46.1 Å². The number of ketones is 2. The van der Waals surface area contributed by atoms with Crippen LogP contribution in [0.1, 0.15) is 47.7 Å². The van der Waals surface area contributed by atoms with Crippen LogP contribution in [-0.4, -0.2) is 40.0 Å². The molecule has 0 bridgehead atoms. The van der Waals surface area contributed by atoms with Crippen LogP contribution in [0.4, 0.5) is 0 Å². The van der Waals surface area contributed by atoms with Crippen molar-refractivity contribution >= 4 is 11.6 Å². The molecule has 0 radical (unpaired) electrons. The van der Waals surface area contributed by atoms with Gasteiger partial charge in [-0.3, -0.25) is 9.59 Å². The normalized spacial score (nSPS) is 11.5. The van der Waals surface area contributed by atoms with Gasteiger partial charge in [-0.05, 0) is 49.2 Å². The second-order valence-electron chi connectivity index (χ2n) is 6.26. The van der Waals surface area contributed by atoms with Crippen molar-refractivity contribution in [2.45, 2.75) is 26.2 Å². The molecule has 0 aliphatic carbocycles. The second-order valence-corrected chi connectivity index (χ2v) is 6.26. The van der Waals surface area contributed by atoms with Crippen molar-refractivity contribution in [3.05, 3.63) is 47.0 Å². The number of hydrogen-bond donors (Lipinski definition) is 0. The highest BCUT2D eigenvalue weighted by molar-refractivity contribution is 6.11. The summed E-state index contributed by atoms with van der Waals surface area (Å²) in [7, 11) is 6.07. The van der Waals surface area contributed by atoms with Gasteiger partial charge >= 0.3 is 0 Å². The Balaban J connectivity index is 2.68. The Labute approximate surface area is 165 Å². The molecule has 0 aliphatic rings. The topological polar surface area (TPSA) is 71.1 Å². The third-order valence-electron chi connectivity index (χ3n) is 4.72. The van der Waals surface area contributed by atoms with Gasteiger partial charge < -0.3 is 18.9 Å². The molecule has 0 aromatic heterocycles. The summed E-state index contributed by atoms with van der Waals surface area (Å²) in [5.41, 5.74) is 1.43. The van der Waals surface area contributed by atoms with Crippen molar-refractivity contribution in [2.75, 3.05) is 28.4 Å². The highest BCUT2D eigenvalue weighted by Crippen LogP contribution is 2.37. The van der Waals surface area contributed by atoms with E-state index in [9.17, 15) is 9.59 Å². The molecule has 0 spiro atoms. The van der Waals surface area contributed by atoms with Gasteiger partial charge in [-0.25, -0.2) is 0 Å². The Morgan fingerprint density at radius 1 is 0.821 bits per heavy atom. The molecule has 0 fully saturated rings. The quantitative estimate of drug-likeness (QED) is 0.606. The summed E-state index contributed by atoms with van der Waals surface area (Å²) in [6.07, 6.45) is 0.566. The zero-order valence-corrected chi connectivity index (χ0v) is 17.1. The number of Topliss-reactive ketones (excluding diaryl/α,β-unsaturated/α-hetero) is 1. The van der Waals surface area contributed by atoms with Crippen LogP contribution >= 0.6 is 0 Å². The fraction of sp³-hybridized carbons (Fsp3) is 0.364. The van der Waals surface area contributed by atoms with E-state index in [0.717, 1.165) is 0 Å². The molecule has 0 N–H and O–H groups in total. The van der Waals surface area contributed by atoms with Gasteiger partial charge in [0.2, 0.25) is 0 Å². The first-order valence-electron chi connectivity index (χ1n) is 8.94. The number of carbonyl (C=O) groups is 2. The number of ether oxygens (including phenoxy) is 4. The largest absolute Gasteiger partial charge is 0.493 e. The SMILES string of the molecule is CC[C@@H](C(C)=O)c1cc(OC)c(OC)cc1C(=O)c1ccc(OC)c(OC)c1. The van der Waals surface area contributed by atoms with E-state index in [-0.39, 0.29) is 11.6 Å². The number of carbonyl (C=O) groups excluding carboxylic acids is 2. The van der Waals surface area contributed by atoms with Crippen LogP contribution in [0.2, 0.25) is 0 Å². The summed E-state index contributed by atoms with van der Waals surface area (Å²) in [5.74, 6) is 1.21. The Kier molecular flexibility index (Phi) is 7.04. The first-order chi connectivity index (χ1) is 13.4. The van der Waals surface area contributed by atoms with Gasteiger partial charge in [0.15, 0.2) is 28.8 Å². The number of rotatable bonds is 9. The van der Waals surface area contributed by atoms with Crippen LogP contribution in [0.15, 0.2) is 30.3 Å². The third-order valence-corrected chi connectivity index (χ3v) is 4.72. The molecule has 6 heteroatoms. The highest BCUT2D eigenvalue weighted by atomic mass is 16.5. The number of methoxy groups -OCH3 is 4. The summed E-state index contributed by atoms with van der Waals surface area (Å²) >= 11 is 0. The first-order valence-corrected chi connectivity index (χ1v) is 8.94. The third kappa shape index (κ3) is 4.11. The zero-order chi connectivity index (χ0) is 20.8. The van der Waals surface area contributed by atoms with Crippen LogP contribution in [0.25, 0.3) is 0 Å². The number of hydrogen-bond acceptors (Lipinski definition) is 6. The molecule has 0 amide bonds. The minimum absolute atomic E-state index is 0.0175. The van der Waals surface area contributed by atoms with Crippen LogP contribution in [-0.2, 0) is 4.79 Å². The van der Waals surface area contributed by atoms with Gasteiger partial charge in [0.1, 0.15) is 5.78 Å². The maximum Gasteiger partial charge on any atom is 0.193 e. The van der Waals surface area contributed by atoms with Crippen LogP contribution < -0.4 is 18.9 Å². The summed E-state index contributed by atoms with van der Waals surface area (Å²) in [6, 6.07) is 8.30. The minimum Gasteiger partial charge on any atom is -0.493 e. The van der Waals surface area contributed by atoms with Gasteiger partial charge in [0.05, 0.1) is 28.4 Å². The molecule has 0 unspecified atom stereocenters. The first kappa shape index (κ1) is 21.3. The van der Waals surface area contributed by atoms with E-state index in [1.807, 2.05) is 6.92 Å². The van der Waals surface area contributed by atoms with Gasteiger partial charge in [0, 0.05) is 17.0 Å². The Morgan fingerprint density at radius 2 is 1.36 bits per heavy atom. The summed E-state index contributed by atoms with van der Waals surface area (Å²) in [5, 5.41) is 0. The van der Waals surface area contributed by atoms with Crippen molar-refractivity contribution in [1.82, 2.24) is 0 Å². The second kappa shape index (κ2) is 9.26. The molecule has 2 aromatic rings. The molecule has 0 aliphatic heterocycles. The van der Waals surface area contributed by atoms with Crippen molar-refractivity contribution in [3.8, 4) is 23.0 Å². The average Bonchev–Trinajstić information content (AvgIpc) is 2.72. The monoisotopic (exact) mass is 386 g/mol. The predicted molar refractivity (Wildman–Crippen MR) is 106 cm³/mol. The van der Waals surface area contributed by atoms with Gasteiger partial charge in [-0.15, -0.1) is 0 Å². The van der Waals surface area contributed by atoms with Crippen LogP contribution in [0.5, 0.6) is 23.0 Å². The minimum atomic E-state index is -0.418. The van der Waals surface area contributed by atoms with E-state index < -0.39 is 5.92 Å². The number of benzene rings is 2. The van der Waals surface area contributed by atoms with Crippen LogP contribution in [0.3, 0.4) is 0 Å². The van der Waals surface area contributed by atoms with E-state index in [1.54, 1.807) is 30.3 Å². The van der Waals surface area contributed by atoms with Crippen LogP contribution in [0, 0.1) is 0 Å².